The fourth-order valence-corrected chi connectivity index (χ4v) is 2.75. The van der Waals surface area contributed by atoms with E-state index in [0.29, 0.717) is 15.7 Å². The number of carbonyl (C=O) groups is 1. The van der Waals surface area contributed by atoms with E-state index < -0.39 is 23.8 Å². The third kappa shape index (κ3) is 2.68. The van der Waals surface area contributed by atoms with Crippen LogP contribution < -0.4 is 10.6 Å². The van der Waals surface area contributed by atoms with E-state index >= 15 is 0 Å². The molecule has 1 aliphatic heterocycles. The van der Waals surface area contributed by atoms with Gasteiger partial charge in [-0.15, -0.1) is 0 Å². The van der Waals surface area contributed by atoms with Crippen molar-refractivity contribution in [1.82, 2.24) is 5.32 Å². The summed E-state index contributed by atoms with van der Waals surface area (Å²) in [6.45, 7) is 0. The molecule has 0 saturated heterocycles. The topological polar surface area (TPSA) is 41.1 Å². The number of nitrogens with one attached hydrogen (secondary N) is 2. The van der Waals surface area contributed by atoms with Gasteiger partial charge in [-0.3, -0.25) is 4.79 Å². The number of amides is 1. The first-order valence-electron chi connectivity index (χ1n) is 6.39. The summed E-state index contributed by atoms with van der Waals surface area (Å²) in [4.78, 5) is 12.1. The molecular formula is C15H10BrF3N2O. The van der Waals surface area contributed by atoms with Gasteiger partial charge in [0, 0.05) is 15.7 Å². The molecule has 0 aromatic heterocycles. The van der Waals surface area contributed by atoms with Gasteiger partial charge in [-0.1, -0.05) is 34.1 Å². The van der Waals surface area contributed by atoms with Gasteiger partial charge >= 0.3 is 6.18 Å². The number of hydrogen-bond acceptors (Lipinski definition) is 2. The van der Waals surface area contributed by atoms with Crippen molar-refractivity contribution in [3.05, 3.63) is 63.6 Å². The molecular weight excluding hydrogens is 361 g/mol. The Hall–Kier alpha value is -2.02. The van der Waals surface area contributed by atoms with Crippen LogP contribution in [0.2, 0.25) is 0 Å². The van der Waals surface area contributed by atoms with E-state index in [0.717, 1.165) is 6.07 Å². The van der Waals surface area contributed by atoms with Crippen LogP contribution in [0.5, 0.6) is 0 Å². The summed E-state index contributed by atoms with van der Waals surface area (Å²) < 4.78 is 40.0. The van der Waals surface area contributed by atoms with Crippen molar-refractivity contribution < 1.29 is 18.0 Å². The van der Waals surface area contributed by atoms with Crippen LogP contribution in [0.1, 0.15) is 27.7 Å². The van der Waals surface area contributed by atoms with Gasteiger partial charge in [0.25, 0.3) is 5.91 Å². The van der Waals surface area contributed by atoms with E-state index in [1.54, 1.807) is 24.3 Å². The quantitative estimate of drug-likeness (QED) is 0.784. The number of carbonyl (C=O) groups excluding carboxylic acids is 1. The van der Waals surface area contributed by atoms with Gasteiger partial charge in [0.2, 0.25) is 0 Å². The second-order valence-electron chi connectivity index (χ2n) is 4.83. The molecule has 7 heteroatoms. The lowest BCUT2D eigenvalue weighted by molar-refractivity contribution is -0.138. The lowest BCUT2D eigenvalue weighted by Gasteiger charge is -2.29. The first-order chi connectivity index (χ1) is 10.4. The number of fused-ring (bicyclic) bond motifs is 1. The first kappa shape index (κ1) is 14.9. The fourth-order valence-electron chi connectivity index (χ4n) is 2.39. The Kier molecular flexibility index (Phi) is 3.60. The highest BCUT2D eigenvalue weighted by molar-refractivity contribution is 9.10. The summed E-state index contributed by atoms with van der Waals surface area (Å²) in [5.74, 6) is -0.407. The number of anilines is 1. The minimum absolute atomic E-state index is 0.0291. The van der Waals surface area contributed by atoms with E-state index in [2.05, 4.69) is 26.6 Å². The fraction of sp³-hybridized carbons (Fsp3) is 0.133. The summed E-state index contributed by atoms with van der Waals surface area (Å²) in [5.41, 5.74) is 0.0920. The number of rotatable bonds is 1. The molecule has 114 valence electrons. The Morgan fingerprint density at radius 2 is 1.77 bits per heavy atom. The van der Waals surface area contributed by atoms with E-state index in [1.165, 1.54) is 12.1 Å². The van der Waals surface area contributed by atoms with E-state index in [4.69, 9.17) is 0 Å². The van der Waals surface area contributed by atoms with Crippen LogP contribution in [0.15, 0.2) is 46.9 Å². The van der Waals surface area contributed by atoms with Crippen molar-refractivity contribution in [3.8, 4) is 0 Å². The summed E-state index contributed by atoms with van der Waals surface area (Å²) in [6, 6.07) is 10.5. The van der Waals surface area contributed by atoms with Crippen LogP contribution in [0.25, 0.3) is 0 Å². The predicted octanol–water partition coefficient (Wildman–Crippen LogP) is 4.32. The third-order valence-corrected chi connectivity index (χ3v) is 3.87. The molecule has 2 aromatic carbocycles. The summed E-state index contributed by atoms with van der Waals surface area (Å²) >= 11 is 3.04. The highest BCUT2D eigenvalue weighted by Gasteiger charge is 2.37. The highest BCUT2D eigenvalue weighted by Crippen LogP contribution is 2.37. The molecule has 0 fully saturated rings. The average Bonchev–Trinajstić information content (AvgIpc) is 2.46. The molecule has 0 spiro atoms. The second-order valence-corrected chi connectivity index (χ2v) is 5.74. The lowest BCUT2D eigenvalue weighted by atomic mass is 10.0. The standard InChI is InChI=1S/C15H10BrF3N2O/c16-8-5-6-9(11(7-8)15(17,18)19)13-20-12-4-2-1-3-10(12)14(22)21-13/h1-7,13,20H,(H,21,22). The highest BCUT2D eigenvalue weighted by atomic mass is 79.9. The minimum Gasteiger partial charge on any atom is -0.361 e. The van der Waals surface area contributed by atoms with Gasteiger partial charge in [-0.25, -0.2) is 0 Å². The Morgan fingerprint density at radius 3 is 2.50 bits per heavy atom. The number of alkyl halides is 3. The largest absolute Gasteiger partial charge is 0.416 e. The molecule has 22 heavy (non-hydrogen) atoms. The van der Waals surface area contributed by atoms with Crippen LogP contribution >= 0.6 is 15.9 Å². The maximum absolute atomic E-state index is 13.2. The summed E-state index contributed by atoms with van der Waals surface area (Å²) in [5, 5.41) is 5.48. The molecule has 0 bridgehead atoms. The lowest BCUT2D eigenvalue weighted by Crippen LogP contribution is -2.39. The molecule has 3 rings (SSSR count). The van der Waals surface area contributed by atoms with Crippen molar-refractivity contribution in [1.29, 1.82) is 0 Å². The smallest absolute Gasteiger partial charge is 0.361 e. The molecule has 1 amide bonds. The Morgan fingerprint density at radius 1 is 1.05 bits per heavy atom. The van der Waals surface area contributed by atoms with Crippen molar-refractivity contribution >= 4 is 27.5 Å². The molecule has 0 aliphatic carbocycles. The molecule has 0 radical (unpaired) electrons. The number of para-hydroxylation sites is 1. The minimum atomic E-state index is -4.51. The van der Waals surface area contributed by atoms with Crippen molar-refractivity contribution in [2.75, 3.05) is 5.32 Å². The zero-order valence-corrected chi connectivity index (χ0v) is 12.6. The van der Waals surface area contributed by atoms with Crippen molar-refractivity contribution in [2.45, 2.75) is 12.3 Å². The molecule has 0 saturated carbocycles. The van der Waals surface area contributed by atoms with Crippen LogP contribution in [0.4, 0.5) is 18.9 Å². The Labute approximate surface area is 132 Å². The number of hydrogen-bond donors (Lipinski definition) is 2. The Balaban J connectivity index is 2.05. The Bertz CT molecular complexity index is 746. The number of halogens is 4. The molecule has 1 unspecified atom stereocenters. The average molecular weight is 371 g/mol. The van der Waals surface area contributed by atoms with Crippen LogP contribution in [0, 0.1) is 0 Å². The monoisotopic (exact) mass is 370 g/mol. The molecule has 2 aromatic rings. The molecule has 1 aliphatic rings. The van der Waals surface area contributed by atoms with Gasteiger partial charge in [-0.05, 0) is 24.3 Å². The first-order valence-corrected chi connectivity index (χ1v) is 7.18. The molecule has 3 nitrogen and oxygen atoms in total. The zero-order valence-electron chi connectivity index (χ0n) is 11.0. The van der Waals surface area contributed by atoms with Gasteiger partial charge in [0.05, 0.1) is 11.1 Å². The molecule has 1 atom stereocenters. The maximum Gasteiger partial charge on any atom is 0.416 e. The van der Waals surface area contributed by atoms with Crippen molar-refractivity contribution in [3.63, 3.8) is 0 Å². The van der Waals surface area contributed by atoms with E-state index in [9.17, 15) is 18.0 Å². The SMILES string of the molecule is O=C1NC(c2ccc(Br)cc2C(F)(F)F)Nc2ccccc21. The van der Waals surface area contributed by atoms with Gasteiger partial charge in [0.1, 0.15) is 6.17 Å². The second kappa shape index (κ2) is 5.31. The van der Waals surface area contributed by atoms with E-state index in [-0.39, 0.29) is 5.56 Å². The van der Waals surface area contributed by atoms with Gasteiger partial charge in [0.15, 0.2) is 0 Å². The molecule has 1 heterocycles. The maximum atomic E-state index is 13.2. The van der Waals surface area contributed by atoms with Crippen molar-refractivity contribution in [2.24, 2.45) is 0 Å². The third-order valence-electron chi connectivity index (χ3n) is 3.38. The van der Waals surface area contributed by atoms with E-state index in [1.807, 2.05) is 0 Å². The normalized spacial score (nSPS) is 17.5. The van der Waals surface area contributed by atoms with Crippen LogP contribution in [-0.4, -0.2) is 5.91 Å². The molecule has 2 N–H and O–H groups in total. The van der Waals surface area contributed by atoms with Crippen LogP contribution in [-0.2, 0) is 6.18 Å². The van der Waals surface area contributed by atoms with Gasteiger partial charge in [-0.2, -0.15) is 13.2 Å². The van der Waals surface area contributed by atoms with Crippen LogP contribution in [0.3, 0.4) is 0 Å². The summed E-state index contributed by atoms with van der Waals surface area (Å²) in [6.07, 6.45) is -5.45. The number of benzene rings is 2. The summed E-state index contributed by atoms with van der Waals surface area (Å²) in [7, 11) is 0. The van der Waals surface area contributed by atoms with Gasteiger partial charge < -0.3 is 10.6 Å². The predicted molar refractivity (Wildman–Crippen MR) is 79.4 cm³/mol. The zero-order chi connectivity index (χ0) is 15.9.